The molecule has 0 spiro atoms. The summed E-state index contributed by atoms with van der Waals surface area (Å²) in [5.74, 6) is 1.06. The molecule has 0 amide bonds. The van der Waals surface area contributed by atoms with Crippen molar-refractivity contribution in [3.8, 4) is 5.88 Å². The van der Waals surface area contributed by atoms with Crippen molar-refractivity contribution < 1.29 is 4.74 Å². The first-order chi connectivity index (χ1) is 6.99. The zero-order valence-corrected chi connectivity index (χ0v) is 10.1. The normalized spacial score (nSPS) is 12.9. The summed E-state index contributed by atoms with van der Waals surface area (Å²) in [5, 5.41) is 0.524. The van der Waals surface area contributed by atoms with Crippen LogP contribution in [0.25, 0.3) is 0 Å². The molecule has 3 nitrogen and oxygen atoms in total. The average molecular weight is 229 g/mol. The van der Waals surface area contributed by atoms with E-state index in [9.17, 15) is 0 Å². The first-order valence-electron chi connectivity index (χ1n) is 5.06. The van der Waals surface area contributed by atoms with Gasteiger partial charge >= 0.3 is 0 Å². The Morgan fingerprint density at radius 1 is 1.47 bits per heavy atom. The standard InChI is InChI=1S/C11H17ClN2O/c1-7(2)4-8(3)15-11-10(13)5-9(12)6-14-11/h5-8H,4,13H2,1-3H3. The van der Waals surface area contributed by atoms with Crippen LogP contribution in [0, 0.1) is 5.92 Å². The van der Waals surface area contributed by atoms with Crippen LogP contribution in [0.4, 0.5) is 5.69 Å². The molecular weight excluding hydrogens is 212 g/mol. The third-order valence-corrected chi connectivity index (χ3v) is 2.17. The number of anilines is 1. The van der Waals surface area contributed by atoms with Gasteiger partial charge in [-0.25, -0.2) is 4.98 Å². The van der Waals surface area contributed by atoms with Gasteiger partial charge in [-0.15, -0.1) is 0 Å². The van der Waals surface area contributed by atoms with E-state index in [0.29, 0.717) is 22.5 Å². The number of nitrogens with two attached hydrogens (primary N) is 1. The van der Waals surface area contributed by atoms with Gasteiger partial charge in [0.25, 0.3) is 0 Å². The zero-order valence-electron chi connectivity index (χ0n) is 9.33. The number of nitrogens with zero attached hydrogens (tertiary/aromatic N) is 1. The SMILES string of the molecule is CC(C)CC(C)Oc1ncc(Cl)cc1N. The molecule has 0 aliphatic heterocycles. The van der Waals surface area contributed by atoms with Crippen molar-refractivity contribution in [3.63, 3.8) is 0 Å². The first kappa shape index (κ1) is 12.1. The highest BCUT2D eigenvalue weighted by Crippen LogP contribution is 2.23. The molecule has 1 aromatic heterocycles. The Labute approximate surface area is 95.6 Å². The number of halogens is 1. The monoisotopic (exact) mass is 228 g/mol. The van der Waals surface area contributed by atoms with Gasteiger partial charge in [0, 0.05) is 6.20 Å². The molecule has 4 heteroatoms. The summed E-state index contributed by atoms with van der Waals surface area (Å²) in [6.45, 7) is 6.31. The highest BCUT2D eigenvalue weighted by Gasteiger charge is 2.10. The number of aromatic nitrogens is 1. The number of rotatable bonds is 4. The zero-order chi connectivity index (χ0) is 11.4. The van der Waals surface area contributed by atoms with Crippen molar-refractivity contribution in [1.82, 2.24) is 4.98 Å². The van der Waals surface area contributed by atoms with E-state index in [0.717, 1.165) is 6.42 Å². The van der Waals surface area contributed by atoms with Crippen LogP contribution < -0.4 is 10.5 Å². The number of nitrogen functional groups attached to an aromatic ring is 1. The maximum atomic E-state index is 5.74. The van der Waals surface area contributed by atoms with E-state index in [4.69, 9.17) is 22.1 Å². The van der Waals surface area contributed by atoms with Crippen LogP contribution in [0.3, 0.4) is 0 Å². The van der Waals surface area contributed by atoms with E-state index in [2.05, 4.69) is 18.8 Å². The van der Waals surface area contributed by atoms with E-state index in [-0.39, 0.29) is 6.10 Å². The number of pyridine rings is 1. The Morgan fingerprint density at radius 3 is 2.67 bits per heavy atom. The summed E-state index contributed by atoms with van der Waals surface area (Å²) in [6.07, 6.45) is 2.63. The summed E-state index contributed by atoms with van der Waals surface area (Å²) >= 11 is 5.74. The summed E-state index contributed by atoms with van der Waals surface area (Å²) in [7, 11) is 0. The van der Waals surface area contributed by atoms with Gasteiger partial charge in [0.1, 0.15) is 0 Å². The molecule has 1 unspecified atom stereocenters. The Kier molecular flexibility index (Phi) is 4.21. The van der Waals surface area contributed by atoms with Crippen molar-refractivity contribution in [1.29, 1.82) is 0 Å². The molecule has 84 valence electrons. The lowest BCUT2D eigenvalue weighted by molar-refractivity contribution is 0.187. The smallest absolute Gasteiger partial charge is 0.237 e. The lowest BCUT2D eigenvalue weighted by Crippen LogP contribution is -2.16. The quantitative estimate of drug-likeness (QED) is 0.862. The fourth-order valence-corrected chi connectivity index (χ4v) is 1.61. The molecule has 0 saturated heterocycles. The highest BCUT2D eigenvalue weighted by molar-refractivity contribution is 6.30. The lowest BCUT2D eigenvalue weighted by atomic mass is 10.1. The van der Waals surface area contributed by atoms with Gasteiger partial charge in [-0.3, -0.25) is 0 Å². The van der Waals surface area contributed by atoms with Crippen LogP contribution >= 0.6 is 11.6 Å². The molecule has 0 fully saturated rings. The van der Waals surface area contributed by atoms with Crippen molar-refractivity contribution in [2.45, 2.75) is 33.3 Å². The minimum atomic E-state index is 0.112. The van der Waals surface area contributed by atoms with Gasteiger partial charge < -0.3 is 10.5 Å². The Bertz CT molecular complexity index is 328. The molecule has 0 aliphatic rings. The topological polar surface area (TPSA) is 48.1 Å². The fraction of sp³-hybridized carbons (Fsp3) is 0.545. The second-order valence-corrected chi connectivity index (χ2v) is 4.54. The summed E-state index contributed by atoms with van der Waals surface area (Å²) < 4.78 is 5.62. The van der Waals surface area contributed by atoms with Crippen molar-refractivity contribution in [2.75, 3.05) is 5.73 Å². The van der Waals surface area contributed by atoms with E-state index >= 15 is 0 Å². The van der Waals surface area contributed by atoms with E-state index in [1.54, 1.807) is 6.07 Å². The third-order valence-electron chi connectivity index (χ3n) is 1.96. The number of hydrogen-bond acceptors (Lipinski definition) is 3. The lowest BCUT2D eigenvalue weighted by Gasteiger charge is -2.16. The second kappa shape index (κ2) is 5.21. The van der Waals surface area contributed by atoms with Gasteiger partial charge in [-0.05, 0) is 25.3 Å². The Hall–Kier alpha value is -0.960. The Balaban J connectivity index is 2.64. The molecule has 1 atom stereocenters. The summed E-state index contributed by atoms with van der Waals surface area (Å²) in [4.78, 5) is 4.05. The van der Waals surface area contributed by atoms with E-state index < -0.39 is 0 Å². The van der Waals surface area contributed by atoms with Crippen LogP contribution in [0.15, 0.2) is 12.3 Å². The summed E-state index contributed by atoms with van der Waals surface area (Å²) in [6, 6.07) is 1.64. The van der Waals surface area contributed by atoms with Gasteiger partial charge in [0.2, 0.25) is 5.88 Å². The molecule has 2 N–H and O–H groups in total. The molecule has 1 rings (SSSR count). The predicted molar refractivity (Wildman–Crippen MR) is 63.2 cm³/mol. The molecule has 1 heterocycles. The van der Waals surface area contributed by atoms with Gasteiger partial charge in [-0.2, -0.15) is 0 Å². The minimum absolute atomic E-state index is 0.112. The largest absolute Gasteiger partial charge is 0.473 e. The van der Waals surface area contributed by atoms with Crippen LogP contribution in [-0.4, -0.2) is 11.1 Å². The number of hydrogen-bond donors (Lipinski definition) is 1. The molecule has 15 heavy (non-hydrogen) atoms. The second-order valence-electron chi connectivity index (χ2n) is 4.11. The van der Waals surface area contributed by atoms with Crippen molar-refractivity contribution >= 4 is 17.3 Å². The molecule has 0 aliphatic carbocycles. The maximum absolute atomic E-state index is 5.74. The molecule has 0 aromatic carbocycles. The predicted octanol–water partition coefficient (Wildman–Crippen LogP) is 3.13. The molecule has 0 bridgehead atoms. The van der Waals surface area contributed by atoms with Crippen LogP contribution in [0.2, 0.25) is 5.02 Å². The van der Waals surface area contributed by atoms with Gasteiger partial charge in [0.05, 0.1) is 16.8 Å². The van der Waals surface area contributed by atoms with E-state index in [1.165, 1.54) is 6.20 Å². The fourth-order valence-electron chi connectivity index (χ4n) is 1.44. The van der Waals surface area contributed by atoms with Crippen LogP contribution in [0.5, 0.6) is 5.88 Å². The molecule has 1 aromatic rings. The maximum Gasteiger partial charge on any atom is 0.237 e. The molecule has 0 radical (unpaired) electrons. The van der Waals surface area contributed by atoms with Gasteiger partial charge in [0.15, 0.2) is 0 Å². The van der Waals surface area contributed by atoms with Crippen LogP contribution in [0.1, 0.15) is 27.2 Å². The van der Waals surface area contributed by atoms with E-state index in [1.807, 2.05) is 6.92 Å². The summed E-state index contributed by atoms with van der Waals surface area (Å²) in [5.41, 5.74) is 6.21. The molecular formula is C11H17ClN2O. The average Bonchev–Trinajstić information content (AvgIpc) is 2.08. The third kappa shape index (κ3) is 3.96. The van der Waals surface area contributed by atoms with Gasteiger partial charge in [-0.1, -0.05) is 25.4 Å². The van der Waals surface area contributed by atoms with Crippen molar-refractivity contribution in [2.24, 2.45) is 5.92 Å². The minimum Gasteiger partial charge on any atom is -0.473 e. The first-order valence-corrected chi connectivity index (χ1v) is 5.44. The molecule has 0 saturated carbocycles. The van der Waals surface area contributed by atoms with Crippen molar-refractivity contribution in [3.05, 3.63) is 17.3 Å². The Morgan fingerprint density at radius 2 is 2.13 bits per heavy atom. The number of ether oxygens (including phenoxy) is 1. The highest BCUT2D eigenvalue weighted by atomic mass is 35.5. The van der Waals surface area contributed by atoms with Crippen LogP contribution in [-0.2, 0) is 0 Å².